The van der Waals surface area contributed by atoms with Crippen LogP contribution in [0.4, 0.5) is 0 Å². The zero-order chi connectivity index (χ0) is 22.4. The second-order valence-corrected chi connectivity index (χ2v) is 8.76. The number of hydrogen-bond donors (Lipinski definition) is 0. The summed E-state index contributed by atoms with van der Waals surface area (Å²) in [6, 6.07) is 10.7. The molecule has 0 saturated carbocycles. The minimum atomic E-state index is -0.0174. The number of fused-ring (bicyclic) bond motifs is 2. The van der Waals surface area contributed by atoms with Crippen LogP contribution in [-0.2, 0) is 7.05 Å². The van der Waals surface area contributed by atoms with Crippen LogP contribution in [-0.4, -0.2) is 54.5 Å². The van der Waals surface area contributed by atoms with Crippen LogP contribution in [0.3, 0.4) is 0 Å². The van der Waals surface area contributed by atoms with Gasteiger partial charge in [0.15, 0.2) is 0 Å². The second kappa shape index (κ2) is 8.02. The molecule has 0 spiro atoms. The summed E-state index contributed by atoms with van der Waals surface area (Å²) in [5.74, 6) is 0. The third kappa shape index (κ3) is 3.44. The molecule has 1 fully saturated rings. The van der Waals surface area contributed by atoms with Crippen molar-refractivity contribution in [2.75, 3.05) is 18.1 Å². The van der Waals surface area contributed by atoms with Gasteiger partial charge < -0.3 is 4.57 Å². The van der Waals surface area contributed by atoms with Gasteiger partial charge >= 0.3 is 0 Å². The second-order valence-electron chi connectivity index (χ2n) is 8.76. The zero-order valence-electron chi connectivity index (χ0n) is 19.0. The predicted octanol–water partition coefficient (Wildman–Crippen LogP) is 2.86. The molecule has 0 aliphatic carbocycles. The Kier molecular flexibility index (Phi) is 5.17. The Hall–Kier alpha value is -3.26. The van der Waals surface area contributed by atoms with Crippen LogP contribution in [0.2, 0.25) is 0 Å². The molecule has 5 rings (SSSR count). The van der Waals surface area contributed by atoms with Crippen molar-refractivity contribution >= 4 is 22.1 Å². The highest BCUT2D eigenvalue weighted by molar-refractivity contribution is 5.75. The summed E-state index contributed by atoms with van der Waals surface area (Å²) < 4.78 is 1.66. The normalized spacial score (nSPS) is 20.8. The number of aryl methyl sites for hydroxylation is 1. The van der Waals surface area contributed by atoms with Crippen LogP contribution in [0, 0.1) is 0 Å². The summed E-state index contributed by atoms with van der Waals surface area (Å²) in [4.78, 5) is 25.4. The lowest BCUT2D eigenvalue weighted by Crippen LogP contribution is -2.61. The fraction of sp³-hybridized carbons (Fsp3) is 0.417. The van der Waals surface area contributed by atoms with Crippen molar-refractivity contribution in [3.8, 4) is 0 Å². The Morgan fingerprint density at radius 3 is 2.59 bits per heavy atom. The molecule has 3 aromatic heterocycles. The van der Waals surface area contributed by atoms with Gasteiger partial charge in [-0.3, -0.25) is 24.7 Å². The molecule has 0 bridgehead atoms. The van der Waals surface area contributed by atoms with Crippen molar-refractivity contribution in [1.29, 1.82) is 0 Å². The Labute approximate surface area is 187 Å². The molecule has 166 valence electrons. The molecule has 8 heteroatoms. The van der Waals surface area contributed by atoms with E-state index in [0.717, 1.165) is 41.6 Å². The van der Waals surface area contributed by atoms with E-state index in [4.69, 9.17) is 5.10 Å². The van der Waals surface area contributed by atoms with Crippen molar-refractivity contribution in [2.24, 2.45) is 7.05 Å². The van der Waals surface area contributed by atoms with Crippen LogP contribution in [0.1, 0.15) is 38.8 Å². The van der Waals surface area contributed by atoms with Crippen molar-refractivity contribution < 1.29 is 0 Å². The van der Waals surface area contributed by atoms with Crippen molar-refractivity contribution in [1.82, 2.24) is 29.3 Å². The number of aromatic nitrogens is 5. The monoisotopic (exact) mass is 431 g/mol. The van der Waals surface area contributed by atoms with Gasteiger partial charge in [0.2, 0.25) is 0 Å². The zero-order valence-corrected chi connectivity index (χ0v) is 19.0. The van der Waals surface area contributed by atoms with Crippen LogP contribution in [0.5, 0.6) is 0 Å². The lowest BCUT2D eigenvalue weighted by atomic mass is 10.00. The Balaban J connectivity index is 1.42. The van der Waals surface area contributed by atoms with Gasteiger partial charge in [-0.2, -0.15) is 9.89 Å². The van der Waals surface area contributed by atoms with Gasteiger partial charge in [-0.05, 0) is 44.0 Å². The maximum atomic E-state index is 12.0. The lowest BCUT2D eigenvalue weighted by molar-refractivity contribution is 0.0977. The van der Waals surface area contributed by atoms with E-state index in [1.807, 2.05) is 11.0 Å². The molecule has 4 aromatic rings. The summed E-state index contributed by atoms with van der Waals surface area (Å²) in [5, 5.41) is 7.12. The van der Waals surface area contributed by atoms with Gasteiger partial charge in [0.25, 0.3) is 5.56 Å². The van der Waals surface area contributed by atoms with E-state index in [1.165, 1.54) is 5.56 Å². The van der Waals surface area contributed by atoms with Gasteiger partial charge in [0, 0.05) is 44.1 Å². The van der Waals surface area contributed by atoms with E-state index in [2.05, 4.69) is 58.8 Å². The number of rotatable bonds is 4. The van der Waals surface area contributed by atoms with Crippen molar-refractivity contribution in [3.05, 3.63) is 64.8 Å². The molecule has 1 aromatic carbocycles. The minimum absolute atomic E-state index is 0.0174. The Morgan fingerprint density at radius 1 is 1.06 bits per heavy atom. The number of piperazine rings is 1. The maximum Gasteiger partial charge on any atom is 0.250 e. The van der Waals surface area contributed by atoms with Gasteiger partial charge in [0.05, 0.1) is 35.3 Å². The van der Waals surface area contributed by atoms with E-state index in [1.54, 1.807) is 36.1 Å². The standard InChI is InChI=1S/C24H29N7O/c1-5-19-14-29(17(3)18-6-7-20-22(12-18)26-11-10-25-20)16(2)13-30(19)31-15-23-21(27-31)8-9-24(32)28(23)4/h6-12,15-17,19H,5,13-14H2,1-4H3/t16-,17?,19+/m1/s1. The molecule has 0 N–H and O–H groups in total. The highest BCUT2D eigenvalue weighted by Crippen LogP contribution is 2.29. The summed E-state index contributed by atoms with van der Waals surface area (Å²) in [5.41, 5.74) is 4.79. The van der Waals surface area contributed by atoms with Gasteiger partial charge in [-0.1, -0.05) is 13.0 Å². The average molecular weight is 432 g/mol. The minimum Gasteiger partial charge on any atom is -0.308 e. The average Bonchev–Trinajstić information content (AvgIpc) is 3.25. The SMILES string of the molecule is CC[C@H]1CN(C(C)c2ccc3nccnc3c2)[C@H](C)CN1n1cc2c(ccc(=O)n2C)n1. The smallest absolute Gasteiger partial charge is 0.250 e. The summed E-state index contributed by atoms with van der Waals surface area (Å²) in [6.07, 6.45) is 6.46. The molecule has 4 heterocycles. The van der Waals surface area contributed by atoms with Crippen LogP contribution in [0.25, 0.3) is 22.1 Å². The number of nitrogens with zero attached hydrogens (tertiary/aromatic N) is 7. The first-order valence-corrected chi connectivity index (χ1v) is 11.2. The molecular weight excluding hydrogens is 402 g/mol. The highest BCUT2D eigenvalue weighted by atomic mass is 16.1. The first kappa shape index (κ1) is 20.6. The highest BCUT2D eigenvalue weighted by Gasteiger charge is 2.34. The Bertz CT molecular complexity index is 1330. The van der Waals surface area contributed by atoms with E-state index in [9.17, 15) is 4.79 Å². The number of benzene rings is 1. The van der Waals surface area contributed by atoms with Crippen LogP contribution >= 0.6 is 0 Å². The number of hydrogen-bond acceptors (Lipinski definition) is 6. The summed E-state index contributed by atoms with van der Waals surface area (Å²) in [6.45, 7) is 8.56. The molecule has 1 aliphatic rings. The topological polar surface area (TPSA) is 72.1 Å². The van der Waals surface area contributed by atoms with Crippen LogP contribution in [0.15, 0.2) is 53.7 Å². The Morgan fingerprint density at radius 2 is 1.81 bits per heavy atom. The molecule has 8 nitrogen and oxygen atoms in total. The van der Waals surface area contributed by atoms with E-state index in [0.29, 0.717) is 12.1 Å². The third-order valence-corrected chi connectivity index (χ3v) is 6.85. The van der Waals surface area contributed by atoms with Crippen LogP contribution < -0.4 is 10.6 Å². The molecule has 0 radical (unpaired) electrons. The maximum absolute atomic E-state index is 12.0. The van der Waals surface area contributed by atoms with Gasteiger partial charge in [-0.15, -0.1) is 0 Å². The molecular formula is C24H29N7O. The van der Waals surface area contributed by atoms with E-state index in [-0.39, 0.29) is 11.6 Å². The van der Waals surface area contributed by atoms with Crippen molar-refractivity contribution in [3.63, 3.8) is 0 Å². The first-order chi connectivity index (χ1) is 15.5. The van der Waals surface area contributed by atoms with Crippen molar-refractivity contribution in [2.45, 2.75) is 45.3 Å². The summed E-state index contributed by atoms with van der Waals surface area (Å²) >= 11 is 0. The third-order valence-electron chi connectivity index (χ3n) is 6.85. The molecule has 3 atom stereocenters. The van der Waals surface area contributed by atoms with Gasteiger partial charge in [-0.25, -0.2) is 0 Å². The molecule has 0 amide bonds. The van der Waals surface area contributed by atoms with E-state index < -0.39 is 0 Å². The fourth-order valence-electron chi connectivity index (χ4n) is 4.86. The predicted molar refractivity (Wildman–Crippen MR) is 126 cm³/mol. The summed E-state index contributed by atoms with van der Waals surface area (Å²) in [7, 11) is 1.80. The molecule has 32 heavy (non-hydrogen) atoms. The lowest BCUT2D eigenvalue weighted by Gasteiger charge is -2.48. The van der Waals surface area contributed by atoms with E-state index >= 15 is 0 Å². The fourth-order valence-corrected chi connectivity index (χ4v) is 4.86. The quantitative estimate of drug-likeness (QED) is 0.495. The molecule has 1 aliphatic heterocycles. The largest absolute Gasteiger partial charge is 0.308 e. The molecule has 1 saturated heterocycles. The van der Waals surface area contributed by atoms with Gasteiger partial charge in [0.1, 0.15) is 5.52 Å². The molecule has 1 unspecified atom stereocenters. The first-order valence-electron chi connectivity index (χ1n) is 11.2. The number of pyridine rings is 1.